The second kappa shape index (κ2) is 7.57. The van der Waals surface area contributed by atoms with Crippen LogP contribution in [0, 0.1) is 5.92 Å². The summed E-state index contributed by atoms with van der Waals surface area (Å²) in [5, 5.41) is 15.6. The molecule has 1 aliphatic rings. The number of nitrogens with one attached hydrogen (secondary N) is 1. The van der Waals surface area contributed by atoms with E-state index in [4.69, 9.17) is 0 Å². The van der Waals surface area contributed by atoms with Gasteiger partial charge in [-0.3, -0.25) is 14.4 Å². The van der Waals surface area contributed by atoms with Gasteiger partial charge in [0.25, 0.3) is 5.91 Å². The summed E-state index contributed by atoms with van der Waals surface area (Å²) < 4.78 is 3.56. The van der Waals surface area contributed by atoms with Gasteiger partial charge in [-0.15, -0.1) is 5.10 Å². The molecule has 0 aromatic carbocycles. The smallest absolute Gasteiger partial charge is 0.254 e. The van der Waals surface area contributed by atoms with Crippen LogP contribution in [0.5, 0.6) is 0 Å². The summed E-state index contributed by atoms with van der Waals surface area (Å²) in [6.45, 7) is 9.97. The third-order valence-corrected chi connectivity index (χ3v) is 4.84. The van der Waals surface area contributed by atoms with Crippen LogP contribution in [0.1, 0.15) is 49.7 Å². The van der Waals surface area contributed by atoms with Crippen LogP contribution in [-0.4, -0.2) is 55.2 Å². The van der Waals surface area contributed by atoms with Crippen molar-refractivity contribution in [2.45, 2.75) is 45.7 Å². The summed E-state index contributed by atoms with van der Waals surface area (Å²) in [5.41, 5.74) is 1.60. The molecule has 26 heavy (non-hydrogen) atoms. The van der Waals surface area contributed by atoms with Gasteiger partial charge in [-0.2, -0.15) is 5.10 Å². The molecule has 3 rings (SSSR count). The van der Waals surface area contributed by atoms with Crippen LogP contribution < -0.4 is 5.32 Å². The Morgan fingerprint density at radius 3 is 2.58 bits per heavy atom. The Morgan fingerprint density at radius 1 is 1.27 bits per heavy atom. The molecule has 8 heteroatoms. The van der Waals surface area contributed by atoms with Crippen LogP contribution in [0.2, 0.25) is 0 Å². The zero-order chi connectivity index (χ0) is 18.7. The number of carbonyl (C=O) groups is 1. The van der Waals surface area contributed by atoms with Crippen molar-refractivity contribution in [3.8, 4) is 0 Å². The second-order valence-electron chi connectivity index (χ2n) is 8.16. The van der Waals surface area contributed by atoms with Crippen LogP contribution in [0.25, 0.3) is 0 Å². The SMILES string of the molecule is Cn1cc(C(=O)NCC2CCN(Cc3cn(C(C)(C)C)nn3)CC2)cn1. The van der Waals surface area contributed by atoms with Gasteiger partial charge in [0.1, 0.15) is 0 Å². The molecule has 0 radical (unpaired) electrons. The molecule has 1 amide bonds. The fourth-order valence-electron chi connectivity index (χ4n) is 3.15. The highest BCUT2D eigenvalue weighted by atomic mass is 16.1. The fourth-order valence-corrected chi connectivity index (χ4v) is 3.15. The van der Waals surface area contributed by atoms with Crippen molar-refractivity contribution in [1.82, 2.24) is 35.0 Å². The maximum Gasteiger partial charge on any atom is 0.254 e. The van der Waals surface area contributed by atoms with Crippen LogP contribution >= 0.6 is 0 Å². The number of hydrogen-bond acceptors (Lipinski definition) is 5. The summed E-state index contributed by atoms with van der Waals surface area (Å²) >= 11 is 0. The highest BCUT2D eigenvalue weighted by Gasteiger charge is 2.22. The Kier molecular flexibility index (Phi) is 5.41. The molecule has 2 aromatic rings. The second-order valence-corrected chi connectivity index (χ2v) is 8.16. The normalized spacial score (nSPS) is 16.8. The monoisotopic (exact) mass is 359 g/mol. The van der Waals surface area contributed by atoms with Gasteiger partial charge in [0.05, 0.1) is 29.2 Å². The molecule has 1 fully saturated rings. The number of aryl methyl sites for hydroxylation is 1. The predicted octanol–water partition coefficient (Wildman–Crippen LogP) is 1.41. The largest absolute Gasteiger partial charge is 0.352 e. The van der Waals surface area contributed by atoms with Gasteiger partial charge in [0.2, 0.25) is 0 Å². The molecular formula is C18H29N7O. The molecule has 2 aromatic heterocycles. The van der Waals surface area contributed by atoms with Gasteiger partial charge in [-0.05, 0) is 52.6 Å². The van der Waals surface area contributed by atoms with Crippen LogP contribution in [0.4, 0.5) is 0 Å². The van der Waals surface area contributed by atoms with E-state index in [9.17, 15) is 4.79 Å². The lowest BCUT2D eigenvalue weighted by molar-refractivity contribution is 0.0935. The number of likely N-dealkylation sites (tertiary alicyclic amines) is 1. The predicted molar refractivity (Wildman–Crippen MR) is 98.6 cm³/mol. The molecule has 142 valence electrons. The van der Waals surface area contributed by atoms with Crippen LogP contribution in [-0.2, 0) is 19.1 Å². The molecular weight excluding hydrogens is 330 g/mol. The van der Waals surface area contributed by atoms with Gasteiger partial charge < -0.3 is 5.32 Å². The lowest BCUT2D eigenvalue weighted by atomic mass is 9.96. The Hall–Kier alpha value is -2.22. The summed E-state index contributed by atoms with van der Waals surface area (Å²) in [5.74, 6) is 0.483. The van der Waals surface area contributed by atoms with Crippen molar-refractivity contribution < 1.29 is 4.79 Å². The van der Waals surface area contributed by atoms with Gasteiger partial charge >= 0.3 is 0 Å². The number of carbonyl (C=O) groups excluding carboxylic acids is 1. The first-order valence-corrected chi connectivity index (χ1v) is 9.22. The maximum atomic E-state index is 12.1. The van der Waals surface area contributed by atoms with Gasteiger partial charge in [0.15, 0.2) is 0 Å². The summed E-state index contributed by atoms with van der Waals surface area (Å²) in [6, 6.07) is 0. The number of rotatable bonds is 5. The van der Waals surface area contributed by atoms with E-state index in [1.54, 1.807) is 17.1 Å². The number of piperidine rings is 1. The standard InChI is InChI=1S/C18H29N7O/c1-18(2,3)25-13-16(21-22-25)12-24-7-5-14(6-8-24)9-19-17(26)15-10-20-23(4)11-15/h10-11,13-14H,5-9,12H2,1-4H3,(H,19,26). The van der Waals surface area contributed by atoms with Crippen molar-refractivity contribution in [3.05, 3.63) is 29.8 Å². The Morgan fingerprint density at radius 2 is 2.00 bits per heavy atom. The molecule has 1 aliphatic heterocycles. The van der Waals surface area contributed by atoms with Crippen LogP contribution in [0.3, 0.4) is 0 Å². The first kappa shape index (κ1) is 18.6. The van der Waals surface area contributed by atoms with Crippen LogP contribution in [0.15, 0.2) is 18.6 Å². The summed E-state index contributed by atoms with van der Waals surface area (Å²) in [6.07, 6.45) is 7.55. The minimum absolute atomic E-state index is 0.0370. The Bertz CT molecular complexity index is 735. The summed E-state index contributed by atoms with van der Waals surface area (Å²) in [7, 11) is 1.81. The topological polar surface area (TPSA) is 80.9 Å². The summed E-state index contributed by atoms with van der Waals surface area (Å²) in [4.78, 5) is 14.5. The van der Waals surface area contributed by atoms with Crippen molar-refractivity contribution >= 4 is 5.91 Å². The molecule has 0 saturated carbocycles. The molecule has 0 unspecified atom stereocenters. The maximum absolute atomic E-state index is 12.1. The Balaban J connectivity index is 1.41. The van der Waals surface area contributed by atoms with E-state index in [0.717, 1.165) is 44.7 Å². The van der Waals surface area contributed by atoms with E-state index in [0.29, 0.717) is 11.5 Å². The molecule has 0 spiro atoms. The van der Waals surface area contributed by atoms with Gasteiger partial charge in [0, 0.05) is 26.3 Å². The minimum atomic E-state index is -0.0423. The van der Waals surface area contributed by atoms with Crippen molar-refractivity contribution in [1.29, 1.82) is 0 Å². The van der Waals surface area contributed by atoms with E-state index >= 15 is 0 Å². The molecule has 8 nitrogen and oxygen atoms in total. The molecule has 0 atom stereocenters. The Labute approximate surface area is 154 Å². The fraction of sp³-hybridized carbons (Fsp3) is 0.667. The van der Waals surface area contributed by atoms with Gasteiger partial charge in [-0.1, -0.05) is 5.21 Å². The average molecular weight is 359 g/mol. The zero-order valence-corrected chi connectivity index (χ0v) is 16.1. The first-order chi connectivity index (χ1) is 12.3. The molecule has 0 bridgehead atoms. The number of nitrogens with zero attached hydrogens (tertiary/aromatic N) is 6. The molecule has 0 aliphatic carbocycles. The third kappa shape index (κ3) is 4.69. The molecule has 3 heterocycles. The van der Waals surface area contributed by atoms with Crippen molar-refractivity contribution in [2.24, 2.45) is 13.0 Å². The minimum Gasteiger partial charge on any atom is -0.352 e. The molecule has 1 N–H and O–H groups in total. The highest BCUT2D eigenvalue weighted by Crippen LogP contribution is 2.19. The van der Waals surface area contributed by atoms with E-state index in [2.05, 4.69) is 46.4 Å². The molecule has 1 saturated heterocycles. The van der Waals surface area contributed by atoms with E-state index in [-0.39, 0.29) is 11.4 Å². The lowest BCUT2D eigenvalue weighted by Crippen LogP contribution is -2.38. The van der Waals surface area contributed by atoms with E-state index in [1.807, 2.05) is 17.9 Å². The number of hydrogen-bond donors (Lipinski definition) is 1. The zero-order valence-electron chi connectivity index (χ0n) is 16.1. The quantitative estimate of drug-likeness (QED) is 0.873. The van der Waals surface area contributed by atoms with Crippen molar-refractivity contribution in [3.63, 3.8) is 0 Å². The van der Waals surface area contributed by atoms with E-state index in [1.165, 1.54) is 0 Å². The first-order valence-electron chi connectivity index (χ1n) is 9.22. The highest BCUT2D eigenvalue weighted by molar-refractivity contribution is 5.93. The number of amides is 1. The van der Waals surface area contributed by atoms with Gasteiger partial charge in [-0.25, -0.2) is 4.68 Å². The third-order valence-electron chi connectivity index (χ3n) is 4.84. The number of aromatic nitrogens is 5. The van der Waals surface area contributed by atoms with Crippen molar-refractivity contribution in [2.75, 3.05) is 19.6 Å². The lowest BCUT2D eigenvalue weighted by Gasteiger charge is -2.31. The van der Waals surface area contributed by atoms with E-state index < -0.39 is 0 Å². The average Bonchev–Trinajstić information content (AvgIpc) is 3.23.